The summed E-state index contributed by atoms with van der Waals surface area (Å²) < 4.78 is 0.760. The van der Waals surface area contributed by atoms with Gasteiger partial charge in [-0.15, -0.1) is 11.3 Å². The van der Waals surface area contributed by atoms with E-state index in [0.29, 0.717) is 21.5 Å². The third-order valence-electron chi connectivity index (χ3n) is 4.44. The van der Waals surface area contributed by atoms with Crippen molar-refractivity contribution in [2.75, 3.05) is 5.32 Å². The zero-order valence-corrected chi connectivity index (χ0v) is 16.6. The molecule has 26 heavy (non-hydrogen) atoms. The van der Waals surface area contributed by atoms with Gasteiger partial charge in [0.2, 0.25) is 5.91 Å². The first-order valence-electron chi connectivity index (χ1n) is 8.32. The van der Waals surface area contributed by atoms with Gasteiger partial charge in [0, 0.05) is 11.1 Å². The Morgan fingerprint density at radius 3 is 2.92 bits per heavy atom. The number of benzene rings is 1. The van der Waals surface area contributed by atoms with E-state index in [-0.39, 0.29) is 5.91 Å². The molecule has 2 aromatic rings. The van der Waals surface area contributed by atoms with E-state index in [9.17, 15) is 10.1 Å². The standard InChI is InChI=1S/C20H17ClN2OS2/c1-12-6-8-14-15(10-12)20(25)26-19(16(14)11-22)23-18(24)9-7-13-4-2-3-5-17(13)21/h2-5,7,9,12H,6,8,10H2,1H3,(H,23,24)/b9-7+. The molecule has 0 fully saturated rings. The van der Waals surface area contributed by atoms with E-state index in [0.717, 1.165) is 39.8 Å². The van der Waals surface area contributed by atoms with Gasteiger partial charge < -0.3 is 5.32 Å². The lowest BCUT2D eigenvalue weighted by Gasteiger charge is -2.23. The van der Waals surface area contributed by atoms with Crippen molar-refractivity contribution in [2.24, 2.45) is 5.92 Å². The number of carbonyl (C=O) groups excluding carboxylic acids is 1. The zero-order valence-electron chi connectivity index (χ0n) is 14.2. The van der Waals surface area contributed by atoms with Crippen molar-refractivity contribution >= 4 is 52.1 Å². The third kappa shape index (κ3) is 4.04. The number of anilines is 1. The number of hydrogen-bond donors (Lipinski definition) is 1. The average Bonchev–Trinajstić information content (AvgIpc) is 2.62. The molecule has 0 bridgehead atoms. The van der Waals surface area contributed by atoms with Gasteiger partial charge in [0.1, 0.15) is 11.1 Å². The highest BCUT2D eigenvalue weighted by Crippen LogP contribution is 2.35. The van der Waals surface area contributed by atoms with Gasteiger partial charge in [-0.25, -0.2) is 0 Å². The van der Waals surface area contributed by atoms with Crippen molar-refractivity contribution in [1.82, 2.24) is 0 Å². The van der Waals surface area contributed by atoms with Gasteiger partial charge in [0.05, 0.1) is 9.39 Å². The normalized spacial score (nSPS) is 16.1. The predicted molar refractivity (Wildman–Crippen MR) is 110 cm³/mol. The van der Waals surface area contributed by atoms with Gasteiger partial charge in [-0.05, 0) is 54.0 Å². The Hall–Kier alpha value is -2.00. The van der Waals surface area contributed by atoms with Crippen molar-refractivity contribution < 1.29 is 4.79 Å². The minimum absolute atomic E-state index is 0.309. The van der Waals surface area contributed by atoms with Gasteiger partial charge in [-0.1, -0.05) is 48.9 Å². The Bertz CT molecular complexity index is 988. The maximum atomic E-state index is 12.3. The maximum absolute atomic E-state index is 12.3. The minimum Gasteiger partial charge on any atom is -0.313 e. The fourth-order valence-corrected chi connectivity index (χ4v) is 4.67. The second-order valence-electron chi connectivity index (χ2n) is 6.35. The monoisotopic (exact) mass is 400 g/mol. The highest BCUT2D eigenvalue weighted by atomic mass is 35.5. The maximum Gasteiger partial charge on any atom is 0.249 e. The molecule has 1 aromatic carbocycles. The number of nitrogens with zero attached hydrogens (tertiary/aromatic N) is 1. The van der Waals surface area contributed by atoms with Crippen LogP contribution in [0.25, 0.3) is 6.08 Å². The van der Waals surface area contributed by atoms with Crippen molar-refractivity contribution in [3.8, 4) is 6.07 Å². The van der Waals surface area contributed by atoms with Crippen LogP contribution in [0.2, 0.25) is 5.02 Å². The SMILES string of the molecule is CC1CCc2c(C#N)c(NC(=O)/C=C/c3ccccc3Cl)sc(=S)c2C1. The van der Waals surface area contributed by atoms with Crippen LogP contribution in [-0.4, -0.2) is 5.91 Å². The molecule has 1 amide bonds. The Morgan fingerprint density at radius 1 is 1.42 bits per heavy atom. The van der Waals surface area contributed by atoms with Crippen molar-refractivity contribution in [2.45, 2.75) is 26.2 Å². The summed E-state index contributed by atoms with van der Waals surface area (Å²) in [5.41, 5.74) is 3.41. The minimum atomic E-state index is -0.309. The number of fused-ring (bicyclic) bond motifs is 1. The third-order valence-corrected chi connectivity index (χ3v) is 6.22. The van der Waals surface area contributed by atoms with E-state index in [1.54, 1.807) is 12.1 Å². The molecule has 6 heteroatoms. The van der Waals surface area contributed by atoms with Crippen LogP contribution >= 0.6 is 35.2 Å². The summed E-state index contributed by atoms with van der Waals surface area (Å²) in [5, 5.41) is 13.5. The van der Waals surface area contributed by atoms with Gasteiger partial charge in [-0.3, -0.25) is 4.79 Å². The first-order chi connectivity index (χ1) is 12.5. The van der Waals surface area contributed by atoms with Crippen LogP contribution in [0.4, 0.5) is 5.00 Å². The van der Waals surface area contributed by atoms with E-state index in [1.165, 1.54) is 17.4 Å². The fraction of sp³-hybridized carbons (Fsp3) is 0.250. The molecule has 0 saturated carbocycles. The van der Waals surface area contributed by atoms with Crippen LogP contribution in [-0.2, 0) is 17.6 Å². The first-order valence-corrected chi connectivity index (χ1v) is 9.92. The second kappa shape index (κ2) is 8.13. The van der Waals surface area contributed by atoms with Crippen LogP contribution in [0.15, 0.2) is 30.3 Å². The molecule has 0 saturated heterocycles. The molecule has 1 aliphatic rings. The summed E-state index contributed by atoms with van der Waals surface area (Å²) in [6, 6.07) is 9.54. The number of nitrogens with one attached hydrogen (secondary N) is 1. The van der Waals surface area contributed by atoms with E-state index in [4.69, 9.17) is 23.8 Å². The summed E-state index contributed by atoms with van der Waals surface area (Å²) >= 11 is 12.9. The molecule has 3 nitrogen and oxygen atoms in total. The predicted octanol–water partition coefficient (Wildman–Crippen LogP) is 5.78. The number of hydrogen-bond acceptors (Lipinski definition) is 4. The van der Waals surface area contributed by atoms with Crippen molar-refractivity contribution in [3.05, 3.63) is 61.4 Å². The molecule has 132 valence electrons. The smallest absolute Gasteiger partial charge is 0.249 e. The summed E-state index contributed by atoms with van der Waals surface area (Å²) in [6.45, 7) is 2.20. The molecular formula is C20H17ClN2OS2. The lowest BCUT2D eigenvalue weighted by Crippen LogP contribution is -2.15. The van der Waals surface area contributed by atoms with Crippen LogP contribution in [0.3, 0.4) is 0 Å². The summed E-state index contributed by atoms with van der Waals surface area (Å²) in [6.07, 6.45) is 5.84. The molecule has 0 spiro atoms. The quantitative estimate of drug-likeness (QED) is 0.524. The Kier molecular flexibility index (Phi) is 5.87. The van der Waals surface area contributed by atoms with Crippen LogP contribution < -0.4 is 5.32 Å². The second-order valence-corrected chi connectivity index (χ2v) is 8.45. The van der Waals surface area contributed by atoms with Crippen LogP contribution in [0.5, 0.6) is 0 Å². The van der Waals surface area contributed by atoms with Crippen molar-refractivity contribution in [1.29, 1.82) is 5.26 Å². The number of rotatable bonds is 3. The molecule has 1 aliphatic carbocycles. The van der Waals surface area contributed by atoms with E-state index in [2.05, 4.69) is 18.3 Å². The van der Waals surface area contributed by atoms with Crippen LogP contribution in [0.1, 0.15) is 35.6 Å². The van der Waals surface area contributed by atoms with E-state index < -0.39 is 0 Å². The lowest BCUT2D eigenvalue weighted by atomic mass is 9.85. The fourth-order valence-electron chi connectivity index (χ4n) is 3.08. The molecule has 0 aliphatic heterocycles. The van der Waals surface area contributed by atoms with E-state index >= 15 is 0 Å². The molecule has 1 heterocycles. The zero-order chi connectivity index (χ0) is 18.7. The summed E-state index contributed by atoms with van der Waals surface area (Å²) in [7, 11) is 0. The molecule has 0 radical (unpaired) electrons. The topological polar surface area (TPSA) is 52.9 Å². The first kappa shape index (κ1) is 18.8. The number of amides is 1. The average molecular weight is 401 g/mol. The summed E-state index contributed by atoms with van der Waals surface area (Å²) in [4.78, 5) is 12.3. The molecular weight excluding hydrogens is 384 g/mol. The van der Waals surface area contributed by atoms with Crippen LogP contribution in [0, 0.1) is 21.1 Å². The summed E-state index contributed by atoms with van der Waals surface area (Å²) in [5.74, 6) is 0.262. The van der Waals surface area contributed by atoms with Gasteiger partial charge >= 0.3 is 0 Å². The molecule has 1 N–H and O–H groups in total. The Balaban J connectivity index is 1.87. The number of carbonyl (C=O) groups is 1. The molecule has 1 aromatic heterocycles. The molecule has 3 rings (SSSR count). The highest BCUT2D eigenvalue weighted by Gasteiger charge is 2.23. The van der Waals surface area contributed by atoms with Gasteiger partial charge in [0.15, 0.2) is 0 Å². The van der Waals surface area contributed by atoms with Gasteiger partial charge in [-0.2, -0.15) is 5.26 Å². The molecule has 1 atom stereocenters. The highest BCUT2D eigenvalue weighted by molar-refractivity contribution is 7.73. The lowest BCUT2D eigenvalue weighted by molar-refractivity contribution is -0.111. The largest absolute Gasteiger partial charge is 0.313 e. The Morgan fingerprint density at radius 2 is 2.19 bits per heavy atom. The number of nitriles is 1. The van der Waals surface area contributed by atoms with E-state index in [1.807, 2.05) is 18.2 Å². The Labute approximate surface area is 166 Å². The van der Waals surface area contributed by atoms with Gasteiger partial charge in [0.25, 0.3) is 0 Å². The molecule has 1 unspecified atom stereocenters. The van der Waals surface area contributed by atoms with Crippen molar-refractivity contribution in [3.63, 3.8) is 0 Å². The number of halogens is 1.